The average Bonchev–Trinajstić information content (AvgIpc) is 3.08. The zero-order chi connectivity index (χ0) is 21.8. The maximum absolute atomic E-state index is 11.7. The Morgan fingerprint density at radius 2 is 1.63 bits per heavy atom. The van der Waals surface area contributed by atoms with Crippen LogP contribution in [0.2, 0.25) is 0 Å². The summed E-state index contributed by atoms with van der Waals surface area (Å²) in [6, 6.07) is 0. The maximum atomic E-state index is 11.7. The third kappa shape index (κ3) is 3.34. The van der Waals surface area contributed by atoms with Gasteiger partial charge in [0.2, 0.25) is 0 Å². The molecule has 4 aliphatic carbocycles. The number of hydrogen-bond acceptors (Lipinski definition) is 5. The quantitative estimate of drug-likeness (QED) is 0.603. The van der Waals surface area contributed by atoms with Crippen LogP contribution < -0.4 is 0 Å². The monoisotopic (exact) mass is 422 g/mol. The zero-order valence-electron chi connectivity index (χ0n) is 19.2. The van der Waals surface area contributed by atoms with Crippen molar-refractivity contribution in [3.05, 3.63) is 0 Å². The summed E-state index contributed by atoms with van der Waals surface area (Å²) in [6.07, 6.45) is 6.48. The van der Waals surface area contributed by atoms with E-state index >= 15 is 0 Å². The van der Waals surface area contributed by atoms with Gasteiger partial charge in [0.1, 0.15) is 0 Å². The fourth-order valence-electron chi connectivity index (χ4n) is 8.86. The number of aliphatic hydroxyl groups is 3. The second-order valence-electron chi connectivity index (χ2n) is 11.6. The molecule has 4 aliphatic rings. The highest BCUT2D eigenvalue weighted by Gasteiger charge is 2.65. The van der Waals surface area contributed by atoms with E-state index in [1.165, 1.54) is 13.5 Å². The van der Waals surface area contributed by atoms with Crippen LogP contribution >= 0.6 is 0 Å². The molecule has 11 atom stereocenters. The van der Waals surface area contributed by atoms with Gasteiger partial charge in [-0.25, -0.2) is 0 Å². The molecule has 0 aromatic carbocycles. The highest BCUT2D eigenvalue weighted by Crippen LogP contribution is 2.68. The number of esters is 1. The van der Waals surface area contributed by atoms with Crippen LogP contribution in [0.3, 0.4) is 0 Å². The van der Waals surface area contributed by atoms with Gasteiger partial charge in [-0.05, 0) is 97.7 Å². The molecular weight excluding hydrogens is 380 g/mol. The lowest BCUT2D eigenvalue weighted by Gasteiger charge is -2.63. The molecule has 172 valence electrons. The van der Waals surface area contributed by atoms with Gasteiger partial charge in [-0.15, -0.1) is 0 Å². The lowest BCUT2D eigenvalue weighted by atomic mass is 9.43. The van der Waals surface area contributed by atoms with E-state index in [1.807, 2.05) is 0 Å². The van der Waals surface area contributed by atoms with Crippen molar-refractivity contribution in [2.75, 3.05) is 7.11 Å². The third-order valence-electron chi connectivity index (χ3n) is 10.5. The molecule has 0 radical (unpaired) electrons. The summed E-state index contributed by atoms with van der Waals surface area (Å²) in [4.78, 5) is 11.7. The van der Waals surface area contributed by atoms with Gasteiger partial charge >= 0.3 is 5.97 Å². The van der Waals surface area contributed by atoms with Crippen LogP contribution in [0.15, 0.2) is 0 Å². The molecule has 0 spiro atoms. The molecule has 4 rings (SSSR count). The van der Waals surface area contributed by atoms with Gasteiger partial charge in [0, 0.05) is 6.42 Å². The molecule has 0 heterocycles. The fourth-order valence-corrected chi connectivity index (χ4v) is 8.86. The lowest BCUT2D eigenvalue weighted by Crippen LogP contribution is -2.64. The van der Waals surface area contributed by atoms with E-state index in [0.29, 0.717) is 36.5 Å². The first-order chi connectivity index (χ1) is 14.1. The lowest BCUT2D eigenvalue weighted by molar-refractivity contribution is -0.223. The van der Waals surface area contributed by atoms with Crippen LogP contribution in [0.1, 0.15) is 78.6 Å². The molecule has 0 aromatic rings. The van der Waals surface area contributed by atoms with Crippen molar-refractivity contribution >= 4 is 5.97 Å². The molecule has 4 saturated carbocycles. The molecule has 5 nitrogen and oxygen atoms in total. The largest absolute Gasteiger partial charge is 0.469 e. The molecule has 5 heteroatoms. The molecule has 0 unspecified atom stereocenters. The highest BCUT2D eigenvalue weighted by atomic mass is 16.5. The van der Waals surface area contributed by atoms with Gasteiger partial charge in [-0.3, -0.25) is 4.79 Å². The Kier molecular flexibility index (Phi) is 6.04. The molecule has 3 N–H and O–H groups in total. The molecule has 0 aromatic heterocycles. The summed E-state index contributed by atoms with van der Waals surface area (Å²) >= 11 is 0. The minimum Gasteiger partial charge on any atom is -0.469 e. The molecule has 0 saturated heterocycles. The normalized spacial score (nSPS) is 51.4. The highest BCUT2D eigenvalue weighted by molar-refractivity contribution is 5.69. The molecular formula is C25H42O5. The summed E-state index contributed by atoms with van der Waals surface area (Å²) in [5.41, 5.74) is 0.174. The predicted molar refractivity (Wildman–Crippen MR) is 114 cm³/mol. The van der Waals surface area contributed by atoms with Crippen molar-refractivity contribution in [2.45, 2.75) is 96.9 Å². The van der Waals surface area contributed by atoms with Gasteiger partial charge < -0.3 is 20.1 Å². The smallest absolute Gasteiger partial charge is 0.305 e. The second-order valence-corrected chi connectivity index (χ2v) is 11.6. The average molecular weight is 423 g/mol. The third-order valence-corrected chi connectivity index (χ3v) is 10.5. The molecule has 4 fully saturated rings. The van der Waals surface area contributed by atoms with Gasteiger partial charge in [-0.2, -0.15) is 0 Å². The molecule has 30 heavy (non-hydrogen) atoms. The molecule has 0 amide bonds. The Labute approximate surface area is 181 Å². The number of fused-ring (bicyclic) bond motifs is 5. The van der Waals surface area contributed by atoms with E-state index in [1.54, 1.807) is 0 Å². The van der Waals surface area contributed by atoms with Crippen LogP contribution in [0.4, 0.5) is 0 Å². The number of ether oxygens (including phenoxy) is 1. The predicted octanol–water partition coefficient (Wildman–Crippen LogP) is 3.54. The Balaban J connectivity index is 1.56. The first kappa shape index (κ1) is 22.5. The van der Waals surface area contributed by atoms with Crippen molar-refractivity contribution in [3.63, 3.8) is 0 Å². The van der Waals surface area contributed by atoms with Crippen LogP contribution in [-0.4, -0.2) is 46.7 Å². The Hall–Kier alpha value is -0.650. The maximum Gasteiger partial charge on any atom is 0.305 e. The summed E-state index contributed by atoms with van der Waals surface area (Å²) in [5.74, 6) is 1.87. The summed E-state index contributed by atoms with van der Waals surface area (Å²) in [7, 11) is 1.45. The van der Waals surface area contributed by atoms with E-state index < -0.39 is 12.2 Å². The van der Waals surface area contributed by atoms with Crippen molar-refractivity contribution < 1.29 is 24.9 Å². The fraction of sp³-hybridized carbons (Fsp3) is 0.960. The van der Waals surface area contributed by atoms with Gasteiger partial charge in [0.15, 0.2) is 0 Å². The Morgan fingerprint density at radius 1 is 0.967 bits per heavy atom. The van der Waals surface area contributed by atoms with Crippen LogP contribution in [-0.2, 0) is 9.53 Å². The van der Waals surface area contributed by atoms with Crippen molar-refractivity contribution in [1.82, 2.24) is 0 Å². The number of methoxy groups -OCH3 is 1. The first-order valence-electron chi connectivity index (χ1n) is 12.2. The molecule has 0 aliphatic heterocycles. The number of hydrogen-bond donors (Lipinski definition) is 3. The van der Waals surface area contributed by atoms with Crippen LogP contribution in [0.5, 0.6) is 0 Å². The van der Waals surface area contributed by atoms with Gasteiger partial charge in [0.25, 0.3) is 0 Å². The number of carbonyl (C=O) groups is 1. The number of carbonyl (C=O) groups excluding carboxylic acids is 1. The topological polar surface area (TPSA) is 87.0 Å². The zero-order valence-corrected chi connectivity index (χ0v) is 19.2. The Morgan fingerprint density at radius 3 is 2.33 bits per heavy atom. The van der Waals surface area contributed by atoms with E-state index in [9.17, 15) is 20.1 Å². The van der Waals surface area contributed by atoms with Crippen molar-refractivity contribution in [3.8, 4) is 0 Å². The van der Waals surface area contributed by atoms with Crippen LogP contribution in [0.25, 0.3) is 0 Å². The summed E-state index contributed by atoms with van der Waals surface area (Å²) < 4.78 is 4.84. The minimum absolute atomic E-state index is 0.00182. The SMILES string of the molecule is COC(=O)CC[C@@H](C)[C@H]1CC[C@H]2[C@@H]3[C@H](O)[C@@H](O)[C@@H]4C[C@@H](O)CC[C@]4(C)[C@H]3CC[C@]12C. The van der Waals surface area contributed by atoms with E-state index in [2.05, 4.69) is 20.8 Å². The van der Waals surface area contributed by atoms with E-state index in [0.717, 1.165) is 38.5 Å². The summed E-state index contributed by atoms with van der Waals surface area (Å²) in [6.45, 7) is 7.02. The van der Waals surface area contributed by atoms with E-state index in [4.69, 9.17) is 4.74 Å². The Bertz CT molecular complexity index is 651. The molecule has 0 bridgehead atoms. The second kappa shape index (κ2) is 8.04. The van der Waals surface area contributed by atoms with Gasteiger partial charge in [0.05, 0.1) is 25.4 Å². The van der Waals surface area contributed by atoms with Crippen molar-refractivity contribution in [1.29, 1.82) is 0 Å². The minimum atomic E-state index is -0.732. The van der Waals surface area contributed by atoms with Crippen molar-refractivity contribution in [2.24, 2.45) is 46.3 Å². The first-order valence-corrected chi connectivity index (χ1v) is 12.2. The summed E-state index contributed by atoms with van der Waals surface area (Å²) in [5, 5.41) is 32.7. The number of rotatable bonds is 4. The van der Waals surface area contributed by atoms with E-state index in [-0.39, 0.29) is 34.7 Å². The standard InChI is InChI=1S/C25H42O5/c1-14(5-8-20(27)30-4)16-6-7-17-21-18(10-12-24(16,17)2)25(3)11-9-15(26)13-19(25)22(28)23(21)29/h14-19,21-23,26,28-29H,5-13H2,1-4H3/t14-,15+,16-,17+,18+,19+,21+,22+,23+,24-,25-/m1/s1. The van der Waals surface area contributed by atoms with Crippen LogP contribution in [0, 0.1) is 46.3 Å². The van der Waals surface area contributed by atoms with Gasteiger partial charge in [-0.1, -0.05) is 20.8 Å². The number of aliphatic hydroxyl groups excluding tert-OH is 3.